The standard InChI is InChI=1S/C33H26BrClN2O5/c1-33-25(30(40)37(32(33)42)19-5-3-2-4-6-19)16-23-21(28(33)24-15-17(34)7-14-26(24)38)12-13-22-27(23)31(41)36(29(22)39)20-10-8-18(35)9-11-20/h2-12,14-15,22-23,25,27-28,38H,13,16H2,1H3/t22-,23+,25-,27-,28+,33+/m0/s1. The molecule has 4 aliphatic rings. The number of halogens is 2. The summed E-state index contributed by atoms with van der Waals surface area (Å²) in [5, 5.41) is 11.6. The molecule has 0 spiro atoms. The first-order valence-electron chi connectivity index (χ1n) is 13.9. The smallest absolute Gasteiger partial charge is 0.241 e. The summed E-state index contributed by atoms with van der Waals surface area (Å²) in [6.45, 7) is 1.80. The quantitative estimate of drug-likeness (QED) is 0.269. The van der Waals surface area contributed by atoms with Crippen molar-refractivity contribution in [3.8, 4) is 5.75 Å². The molecule has 7 rings (SSSR count). The van der Waals surface area contributed by atoms with E-state index in [4.69, 9.17) is 11.6 Å². The van der Waals surface area contributed by atoms with Gasteiger partial charge in [0.05, 0.1) is 34.5 Å². The van der Waals surface area contributed by atoms with E-state index in [1.165, 1.54) is 9.80 Å². The number of phenols is 1. The first-order chi connectivity index (χ1) is 20.1. The Morgan fingerprint density at radius 3 is 2.26 bits per heavy atom. The maximum Gasteiger partial charge on any atom is 0.241 e. The number of carbonyl (C=O) groups is 4. The number of anilines is 2. The Labute approximate surface area is 255 Å². The molecule has 0 bridgehead atoms. The van der Waals surface area contributed by atoms with E-state index in [9.17, 15) is 24.3 Å². The first kappa shape index (κ1) is 27.1. The number of hydrogen-bond acceptors (Lipinski definition) is 5. The minimum absolute atomic E-state index is 0.00174. The summed E-state index contributed by atoms with van der Waals surface area (Å²) in [7, 11) is 0. The Morgan fingerprint density at radius 1 is 0.857 bits per heavy atom. The molecule has 2 aliphatic heterocycles. The van der Waals surface area contributed by atoms with E-state index in [2.05, 4.69) is 15.9 Å². The Kier molecular flexibility index (Phi) is 6.22. The maximum absolute atomic E-state index is 14.4. The fourth-order valence-electron chi connectivity index (χ4n) is 7.78. The number of rotatable bonds is 3. The monoisotopic (exact) mass is 644 g/mol. The minimum Gasteiger partial charge on any atom is -0.508 e. The topological polar surface area (TPSA) is 95.0 Å². The molecule has 0 unspecified atom stereocenters. The average Bonchev–Trinajstić information content (AvgIpc) is 3.35. The predicted octanol–water partition coefficient (Wildman–Crippen LogP) is 6.24. The summed E-state index contributed by atoms with van der Waals surface area (Å²) < 4.78 is 0.713. The van der Waals surface area contributed by atoms with Gasteiger partial charge in [-0.15, -0.1) is 0 Å². The highest BCUT2D eigenvalue weighted by atomic mass is 79.9. The van der Waals surface area contributed by atoms with Gasteiger partial charge in [0.15, 0.2) is 0 Å². The Hall–Kier alpha value is -3.75. The molecule has 3 fully saturated rings. The average molecular weight is 646 g/mol. The van der Waals surface area contributed by atoms with Gasteiger partial charge in [-0.2, -0.15) is 0 Å². The van der Waals surface area contributed by atoms with E-state index >= 15 is 0 Å². The van der Waals surface area contributed by atoms with Crippen LogP contribution in [0.15, 0.2) is 88.9 Å². The van der Waals surface area contributed by atoms with Crippen molar-refractivity contribution in [1.29, 1.82) is 0 Å². The van der Waals surface area contributed by atoms with Crippen LogP contribution in [-0.2, 0) is 19.2 Å². The molecule has 3 aromatic carbocycles. The highest BCUT2D eigenvalue weighted by molar-refractivity contribution is 9.10. The van der Waals surface area contributed by atoms with Crippen LogP contribution in [0.25, 0.3) is 0 Å². The molecule has 2 heterocycles. The number of hydrogen-bond donors (Lipinski definition) is 1. The lowest BCUT2D eigenvalue weighted by atomic mass is 9.51. The summed E-state index contributed by atoms with van der Waals surface area (Å²) in [4.78, 5) is 58.8. The van der Waals surface area contributed by atoms with E-state index in [0.29, 0.717) is 32.9 Å². The van der Waals surface area contributed by atoms with Crippen molar-refractivity contribution in [2.45, 2.75) is 25.7 Å². The molecule has 6 atom stereocenters. The molecule has 0 aromatic heterocycles. The second kappa shape index (κ2) is 9.64. The van der Waals surface area contributed by atoms with Crippen LogP contribution in [0.1, 0.15) is 31.2 Å². The van der Waals surface area contributed by atoms with Crippen molar-refractivity contribution < 1.29 is 24.3 Å². The van der Waals surface area contributed by atoms with Crippen LogP contribution >= 0.6 is 27.5 Å². The molecule has 4 amide bonds. The van der Waals surface area contributed by atoms with E-state index in [0.717, 1.165) is 5.57 Å². The number of benzene rings is 3. The second-order valence-corrected chi connectivity index (χ2v) is 13.0. The molecule has 3 aromatic rings. The van der Waals surface area contributed by atoms with Crippen LogP contribution in [0.4, 0.5) is 11.4 Å². The van der Waals surface area contributed by atoms with Gasteiger partial charge in [0, 0.05) is 21.0 Å². The Morgan fingerprint density at radius 2 is 1.55 bits per heavy atom. The number of imide groups is 2. The van der Waals surface area contributed by atoms with E-state index in [1.54, 1.807) is 73.7 Å². The molecule has 42 heavy (non-hydrogen) atoms. The Balaban J connectivity index is 1.38. The number of para-hydroxylation sites is 1. The number of allylic oxidation sites excluding steroid dienone is 2. The van der Waals surface area contributed by atoms with E-state index < -0.39 is 35.0 Å². The normalized spacial score (nSPS) is 30.3. The molecule has 0 radical (unpaired) electrons. The van der Waals surface area contributed by atoms with Gasteiger partial charge in [-0.25, -0.2) is 4.90 Å². The minimum atomic E-state index is -1.22. The molecule has 1 N–H and O–H groups in total. The molecule has 2 saturated heterocycles. The predicted molar refractivity (Wildman–Crippen MR) is 161 cm³/mol. The third-order valence-corrected chi connectivity index (χ3v) is 10.4. The molecular weight excluding hydrogens is 620 g/mol. The summed E-state index contributed by atoms with van der Waals surface area (Å²) in [5.41, 5.74) is 1.04. The highest BCUT2D eigenvalue weighted by Gasteiger charge is 2.68. The lowest BCUT2D eigenvalue weighted by Crippen LogP contribution is -2.48. The number of amides is 4. The number of nitrogens with zero attached hydrogens (tertiary/aromatic N) is 2. The van der Waals surface area contributed by atoms with Gasteiger partial charge < -0.3 is 5.11 Å². The van der Waals surface area contributed by atoms with Crippen molar-refractivity contribution in [2.75, 3.05) is 9.80 Å². The fraction of sp³-hybridized carbons (Fsp3) is 0.273. The van der Waals surface area contributed by atoms with Gasteiger partial charge in [0.25, 0.3) is 0 Å². The molecule has 2 aliphatic carbocycles. The summed E-state index contributed by atoms with van der Waals surface area (Å²) in [5.74, 6) is -4.46. The lowest BCUT2D eigenvalue weighted by Gasteiger charge is -2.49. The number of phenolic OH excluding ortho intramolecular Hbond substituents is 1. The fourth-order valence-corrected chi connectivity index (χ4v) is 8.29. The van der Waals surface area contributed by atoms with Gasteiger partial charge in [-0.3, -0.25) is 24.1 Å². The van der Waals surface area contributed by atoms with E-state index in [1.807, 2.05) is 12.1 Å². The van der Waals surface area contributed by atoms with Gasteiger partial charge in [-0.05, 0) is 80.3 Å². The van der Waals surface area contributed by atoms with Crippen LogP contribution < -0.4 is 9.80 Å². The summed E-state index contributed by atoms with van der Waals surface area (Å²) >= 11 is 9.57. The number of fused-ring (bicyclic) bond motifs is 4. The summed E-state index contributed by atoms with van der Waals surface area (Å²) in [6.07, 6.45) is 2.54. The molecule has 1 saturated carbocycles. The van der Waals surface area contributed by atoms with Gasteiger partial charge >= 0.3 is 0 Å². The second-order valence-electron chi connectivity index (χ2n) is 11.7. The largest absolute Gasteiger partial charge is 0.508 e. The zero-order valence-electron chi connectivity index (χ0n) is 22.5. The van der Waals surface area contributed by atoms with Crippen molar-refractivity contribution in [3.05, 3.63) is 99.5 Å². The summed E-state index contributed by atoms with van der Waals surface area (Å²) in [6, 6.07) is 20.5. The van der Waals surface area contributed by atoms with Crippen LogP contribution in [0.3, 0.4) is 0 Å². The first-order valence-corrected chi connectivity index (χ1v) is 15.0. The maximum atomic E-state index is 14.4. The van der Waals surface area contributed by atoms with Gasteiger partial charge in [0.1, 0.15) is 5.75 Å². The SMILES string of the molecule is C[C@@]12C(=O)N(c3ccccc3)C(=O)[C@@H]1C[C@@H]1C(=CC[C@@H]3C(=O)N(c4ccc(Cl)cc4)C(=O)[C@@H]31)[C@@H]2c1cc(Br)ccc1O. The van der Waals surface area contributed by atoms with Crippen LogP contribution in [0, 0.1) is 29.1 Å². The lowest BCUT2D eigenvalue weighted by molar-refractivity contribution is -0.131. The zero-order chi connectivity index (χ0) is 29.5. The number of carbonyl (C=O) groups excluding carboxylic acids is 4. The van der Waals surface area contributed by atoms with Crippen molar-refractivity contribution in [1.82, 2.24) is 0 Å². The van der Waals surface area contributed by atoms with Crippen LogP contribution in [0.2, 0.25) is 5.02 Å². The van der Waals surface area contributed by atoms with Crippen molar-refractivity contribution in [3.63, 3.8) is 0 Å². The van der Waals surface area contributed by atoms with Crippen LogP contribution in [0.5, 0.6) is 5.75 Å². The van der Waals surface area contributed by atoms with Gasteiger partial charge in [0.2, 0.25) is 23.6 Å². The zero-order valence-corrected chi connectivity index (χ0v) is 24.9. The van der Waals surface area contributed by atoms with E-state index in [-0.39, 0.29) is 35.8 Å². The third-order valence-electron chi connectivity index (χ3n) is 9.67. The molecular formula is C33H26BrClN2O5. The van der Waals surface area contributed by atoms with Crippen molar-refractivity contribution in [2.24, 2.45) is 29.1 Å². The Bertz CT molecular complexity index is 1710. The van der Waals surface area contributed by atoms with Gasteiger partial charge in [-0.1, -0.05) is 57.4 Å². The molecule has 7 nitrogen and oxygen atoms in total. The third kappa shape index (κ3) is 3.71. The molecule has 212 valence electrons. The number of aromatic hydroxyl groups is 1. The molecule has 9 heteroatoms. The van der Waals surface area contributed by atoms with Crippen molar-refractivity contribution >= 4 is 62.5 Å². The highest BCUT2D eigenvalue weighted by Crippen LogP contribution is 2.64. The van der Waals surface area contributed by atoms with Crippen LogP contribution in [-0.4, -0.2) is 28.7 Å².